The molecule has 0 aromatic carbocycles. The summed E-state index contributed by atoms with van der Waals surface area (Å²) in [4.78, 5) is 2.37. The van der Waals surface area contributed by atoms with Gasteiger partial charge in [-0.15, -0.1) is 29.9 Å². The predicted molar refractivity (Wildman–Crippen MR) is 82.1 cm³/mol. The molecule has 0 unspecified atom stereocenters. The summed E-state index contributed by atoms with van der Waals surface area (Å²) in [6.45, 7) is 15.1. The molecule has 1 nitrogen and oxygen atoms in total. The average molecular weight is 343 g/mol. The molecule has 0 N–H and O–H groups in total. The third-order valence-corrected chi connectivity index (χ3v) is 1.78. The van der Waals surface area contributed by atoms with Crippen LogP contribution in [0.1, 0.15) is 41.5 Å². The van der Waals surface area contributed by atoms with E-state index in [9.17, 15) is 4.39 Å². The highest BCUT2D eigenvalue weighted by molar-refractivity contribution is 14.0. The minimum atomic E-state index is -0.250. The van der Waals surface area contributed by atoms with Crippen molar-refractivity contribution in [1.82, 2.24) is 4.90 Å². The van der Waals surface area contributed by atoms with Crippen LogP contribution >= 0.6 is 24.0 Å². The average Bonchev–Trinajstić information content (AvgIpc) is 2.16. The van der Waals surface area contributed by atoms with Gasteiger partial charge in [0.25, 0.3) is 0 Å². The Morgan fingerprint density at radius 1 is 1.25 bits per heavy atom. The number of rotatable bonds is 1. The number of nitrogens with zero attached hydrogens (tertiary/aromatic N) is 1. The van der Waals surface area contributed by atoms with E-state index >= 15 is 0 Å². The van der Waals surface area contributed by atoms with Gasteiger partial charge in [0.1, 0.15) is 0 Å². The molecule has 0 aromatic heterocycles. The van der Waals surface area contributed by atoms with E-state index in [0.29, 0.717) is 5.41 Å². The van der Waals surface area contributed by atoms with Crippen molar-refractivity contribution < 1.29 is 4.39 Å². The number of likely N-dealkylation sites (tertiary alicyclic amines) is 1. The normalized spacial score (nSPS) is 15.7. The Hall–Kier alpha value is 0.180. The molecule has 0 aromatic rings. The van der Waals surface area contributed by atoms with Crippen molar-refractivity contribution in [2.45, 2.75) is 41.5 Å². The van der Waals surface area contributed by atoms with Crippen molar-refractivity contribution in [3.05, 3.63) is 0 Å². The topological polar surface area (TPSA) is 3.24 Å². The SMILES string of the molecule is CC.CC#CCN1CC(C)(C)C1.CCF.I. The van der Waals surface area contributed by atoms with E-state index in [4.69, 9.17) is 0 Å². The van der Waals surface area contributed by atoms with Crippen LogP contribution in [0.5, 0.6) is 0 Å². The van der Waals surface area contributed by atoms with E-state index in [1.165, 1.54) is 20.0 Å². The van der Waals surface area contributed by atoms with Crippen LogP contribution in [0.4, 0.5) is 4.39 Å². The first-order valence-electron chi connectivity index (χ1n) is 5.73. The van der Waals surface area contributed by atoms with Crippen LogP contribution in [0.2, 0.25) is 0 Å². The summed E-state index contributed by atoms with van der Waals surface area (Å²) >= 11 is 0. The van der Waals surface area contributed by atoms with Gasteiger partial charge in [-0.25, -0.2) is 0 Å². The summed E-state index contributed by atoms with van der Waals surface area (Å²) in [5, 5.41) is 0. The predicted octanol–water partition coefficient (Wildman–Crippen LogP) is 3.97. The Bertz CT molecular complexity index is 186. The van der Waals surface area contributed by atoms with Crippen molar-refractivity contribution in [2.75, 3.05) is 26.3 Å². The van der Waals surface area contributed by atoms with Gasteiger partial charge in [-0.05, 0) is 19.3 Å². The van der Waals surface area contributed by atoms with Crippen LogP contribution in [0.15, 0.2) is 0 Å². The molecular formula is C13H27FIN. The second-order valence-corrected chi connectivity index (χ2v) is 4.00. The molecule has 1 fully saturated rings. The Kier molecular flexibility index (Phi) is 17.8. The summed E-state index contributed by atoms with van der Waals surface area (Å²) in [5.41, 5.74) is 0.551. The molecule has 0 saturated carbocycles. The van der Waals surface area contributed by atoms with Gasteiger partial charge in [0.2, 0.25) is 0 Å². The fourth-order valence-corrected chi connectivity index (χ4v) is 1.47. The second kappa shape index (κ2) is 13.2. The van der Waals surface area contributed by atoms with E-state index in [1.54, 1.807) is 0 Å². The van der Waals surface area contributed by atoms with Gasteiger partial charge in [0, 0.05) is 13.1 Å². The van der Waals surface area contributed by atoms with Crippen LogP contribution in [0.3, 0.4) is 0 Å². The Morgan fingerprint density at radius 3 is 1.88 bits per heavy atom. The lowest BCUT2D eigenvalue weighted by molar-refractivity contribution is 0.0443. The van der Waals surface area contributed by atoms with E-state index in [-0.39, 0.29) is 30.7 Å². The minimum Gasteiger partial charge on any atom is -0.291 e. The fourth-order valence-electron chi connectivity index (χ4n) is 1.47. The molecule has 0 aliphatic carbocycles. The van der Waals surface area contributed by atoms with Crippen LogP contribution in [-0.4, -0.2) is 31.2 Å². The Balaban J connectivity index is -0.000000246. The van der Waals surface area contributed by atoms with Gasteiger partial charge in [-0.2, -0.15) is 0 Å². The lowest BCUT2D eigenvalue weighted by Gasteiger charge is -2.44. The molecule has 16 heavy (non-hydrogen) atoms. The molecule has 98 valence electrons. The highest BCUT2D eigenvalue weighted by atomic mass is 127. The van der Waals surface area contributed by atoms with E-state index in [2.05, 4.69) is 30.6 Å². The fraction of sp³-hybridized carbons (Fsp3) is 0.846. The van der Waals surface area contributed by atoms with E-state index in [0.717, 1.165) is 6.54 Å². The zero-order valence-electron chi connectivity index (χ0n) is 11.6. The first kappa shape index (κ1) is 21.5. The molecule has 0 spiro atoms. The standard InChI is InChI=1S/C9H15N.C2H5F.C2H6.HI/c1-4-5-6-10-7-9(2,3)8-10;1-2-3;1-2;/h6-8H2,1-3H3;2H2,1H3;1-2H3;1H. The monoisotopic (exact) mass is 343 g/mol. The lowest BCUT2D eigenvalue weighted by Crippen LogP contribution is -2.52. The van der Waals surface area contributed by atoms with Crippen LogP contribution < -0.4 is 0 Å². The first-order valence-corrected chi connectivity index (χ1v) is 5.73. The highest BCUT2D eigenvalue weighted by Crippen LogP contribution is 2.27. The quantitative estimate of drug-likeness (QED) is 0.514. The number of hydrogen-bond donors (Lipinski definition) is 0. The van der Waals surface area contributed by atoms with Gasteiger partial charge in [-0.3, -0.25) is 9.29 Å². The lowest BCUT2D eigenvalue weighted by atomic mass is 9.84. The third-order valence-electron chi connectivity index (χ3n) is 1.78. The maximum Gasteiger partial charge on any atom is 0.0866 e. The van der Waals surface area contributed by atoms with Crippen molar-refractivity contribution >= 4 is 24.0 Å². The van der Waals surface area contributed by atoms with Crippen LogP contribution in [-0.2, 0) is 0 Å². The highest BCUT2D eigenvalue weighted by Gasteiger charge is 2.32. The molecule has 1 aliphatic rings. The Labute approximate surface area is 118 Å². The minimum absolute atomic E-state index is 0. The molecule has 0 amide bonds. The molecule has 1 rings (SSSR count). The van der Waals surface area contributed by atoms with E-state index in [1.807, 2.05) is 20.8 Å². The maximum atomic E-state index is 10.3. The molecule has 3 heteroatoms. The molecule has 1 heterocycles. The number of hydrogen-bond acceptors (Lipinski definition) is 1. The Morgan fingerprint density at radius 2 is 1.62 bits per heavy atom. The third kappa shape index (κ3) is 12.3. The van der Waals surface area contributed by atoms with Gasteiger partial charge in [-0.1, -0.05) is 33.6 Å². The zero-order valence-corrected chi connectivity index (χ0v) is 13.9. The number of halogens is 2. The zero-order chi connectivity index (χ0) is 12.3. The largest absolute Gasteiger partial charge is 0.291 e. The smallest absolute Gasteiger partial charge is 0.0866 e. The molecular weight excluding hydrogens is 316 g/mol. The van der Waals surface area contributed by atoms with Gasteiger partial charge >= 0.3 is 0 Å². The summed E-state index contributed by atoms with van der Waals surface area (Å²) < 4.78 is 10.3. The van der Waals surface area contributed by atoms with E-state index < -0.39 is 0 Å². The molecule has 0 bridgehead atoms. The molecule has 1 saturated heterocycles. The van der Waals surface area contributed by atoms with Gasteiger partial charge < -0.3 is 0 Å². The first-order chi connectivity index (χ1) is 7.05. The summed E-state index contributed by atoms with van der Waals surface area (Å²) in [7, 11) is 0. The molecule has 1 aliphatic heterocycles. The molecule has 0 atom stereocenters. The van der Waals surface area contributed by atoms with Crippen LogP contribution in [0.25, 0.3) is 0 Å². The number of alkyl halides is 1. The maximum absolute atomic E-state index is 10.3. The van der Waals surface area contributed by atoms with Crippen molar-refractivity contribution in [3.63, 3.8) is 0 Å². The van der Waals surface area contributed by atoms with Gasteiger partial charge in [0.05, 0.1) is 13.2 Å². The van der Waals surface area contributed by atoms with Crippen molar-refractivity contribution in [2.24, 2.45) is 5.41 Å². The summed E-state index contributed by atoms with van der Waals surface area (Å²) in [5.74, 6) is 5.97. The summed E-state index contributed by atoms with van der Waals surface area (Å²) in [6.07, 6.45) is 0. The second-order valence-electron chi connectivity index (χ2n) is 4.00. The van der Waals surface area contributed by atoms with Crippen molar-refractivity contribution in [3.8, 4) is 11.8 Å². The van der Waals surface area contributed by atoms with Crippen molar-refractivity contribution in [1.29, 1.82) is 0 Å². The van der Waals surface area contributed by atoms with Gasteiger partial charge in [0.15, 0.2) is 0 Å². The summed E-state index contributed by atoms with van der Waals surface area (Å²) in [6, 6.07) is 0. The molecule has 0 radical (unpaired) electrons. The van der Waals surface area contributed by atoms with Crippen LogP contribution in [0, 0.1) is 17.3 Å².